The molecule has 0 aliphatic heterocycles. The molecule has 0 fully saturated rings. The number of nitrogens with one attached hydrogen (secondary N) is 1. The Kier molecular flexibility index (Phi) is 8.98. The molecule has 0 atom stereocenters. The number of hydrogen-bond acceptors (Lipinski definition) is 3. The van der Waals surface area contributed by atoms with Crippen LogP contribution in [0.2, 0.25) is 0 Å². The second kappa shape index (κ2) is 10.8. The summed E-state index contributed by atoms with van der Waals surface area (Å²) in [6.07, 6.45) is 2.21. The lowest BCUT2D eigenvalue weighted by atomic mass is 10.1. The Balaban J connectivity index is 2.26. The molecule has 1 aromatic carbocycles. The molecular weight excluding hydrogens is 290 g/mol. The third-order valence-electron chi connectivity index (χ3n) is 3.67. The van der Waals surface area contributed by atoms with Crippen molar-refractivity contribution in [2.24, 2.45) is 0 Å². The van der Waals surface area contributed by atoms with Crippen molar-refractivity contribution in [2.75, 3.05) is 40.3 Å². The summed E-state index contributed by atoms with van der Waals surface area (Å²) in [5.74, 6) is 0.0281. The van der Waals surface area contributed by atoms with Crippen molar-refractivity contribution in [2.45, 2.75) is 26.2 Å². The van der Waals surface area contributed by atoms with Crippen LogP contribution in [0, 0.1) is 0 Å². The molecule has 0 aliphatic carbocycles. The highest BCUT2D eigenvalue weighted by Gasteiger charge is 2.10. The number of benzene rings is 1. The van der Waals surface area contributed by atoms with Gasteiger partial charge in [0.25, 0.3) is 0 Å². The third kappa shape index (κ3) is 8.98. The Labute approximate surface area is 139 Å². The summed E-state index contributed by atoms with van der Waals surface area (Å²) in [5, 5.41) is 2.87. The Hall–Kier alpha value is -1.88. The first-order valence-corrected chi connectivity index (χ1v) is 8.20. The normalized spacial score (nSPS) is 10.6. The summed E-state index contributed by atoms with van der Waals surface area (Å²) >= 11 is 0. The van der Waals surface area contributed by atoms with Gasteiger partial charge in [0.05, 0.1) is 0 Å². The van der Waals surface area contributed by atoms with Crippen LogP contribution in [0.5, 0.6) is 0 Å². The van der Waals surface area contributed by atoms with Crippen molar-refractivity contribution >= 4 is 11.8 Å². The van der Waals surface area contributed by atoms with E-state index in [4.69, 9.17) is 0 Å². The quantitative estimate of drug-likeness (QED) is 0.712. The maximum Gasteiger partial charge on any atom is 0.221 e. The van der Waals surface area contributed by atoms with Crippen LogP contribution in [-0.2, 0) is 16.0 Å². The molecule has 1 rings (SSSR count). The topological polar surface area (TPSA) is 52.7 Å². The van der Waals surface area contributed by atoms with Crippen molar-refractivity contribution < 1.29 is 9.59 Å². The molecule has 0 saturated carbocycles. The van der Waals surface area contributed by atoms with Crippen LogP contribution in [0.1, 0.15) is 25.3 Å². The fraction of sp³-hybridized carbons (Fsp3) is 0.556. The number of aryl methyl sites for hydroxylation is 1. The molecule has 128 valence electrons. The molecule has 0 aliphatic rings. The molecule has 1 aromatic rings. The van der Waals surface area contributed by atoms with Gasteiger partial charge in [-0.15, -0.1) is 0 Å². The minimum absolute atomic E-state index is 0.00107. The highest BCUT2D eigenvalue weighted by molar-refractivity contribution is 5.77. The van der Waals surface area contributed by atoms with E-state index in [1.54, 1.807) is 11.8 Å². The first-order chi connectivity index (χ1) is 11.0. The zero-order valence-electron chi connectivity index (χ0n) is 14.5. The van der Waals surface area contributed by atoms with E-state index in [1.165, 1.54) is 5.56 Å². The van der Waals surface area contributed by atoms with Crippen molar-refractivity contribution in [1.82, 2.24) is 15.1 Å². The van der Waals surface area contributed by atoms with Gasteiger partial charge in [-0.2, -0.15) is 0 Å². The molecule has 0 unspecified atom stereocenters. The molecule has 0 spiro atoms. The van der Waals surface area contributed by atoms with Gasteiger partial charge >= 0.3 is 0 Å². The smallest absolute Gasteiger partial charge is 0.221 e. The summed E-state index contributed by atoms with van der Waals surface area (Å²) in [7, 11) is 3.94. The van der Waals surface area contributed by atoms with Gasteiger partial charge in [-0.25, -0.2) is 0 Å². The number of nitrogens with zero attached hydrogens (tertiary/aromatic N) is 2. The van der Waals surface area contributed by atoms with Crippen LogP contribution in [0.25, 0.3) is 0 Å². The summed E-state index contributed by atoms with van der Waals surface area (Å²) in [4.78, 5) is 27.2. The zero-order chi connectivity index (χ0) is 17.1. The number of carbonyl (C=O) groups excluding carboxylic acids is 2. The molecule has 0 aromatic heterocycles. The second-order valence-electron chi connectivity index (χ2n) is 6.00. The maximum absolute atomic E-state index is 11.8. The van der Waals surface area contributed by atoms with Gasteiger partial charge in [-0.3, -0.25) is 9.59 Å². The van der Waals surface area contributed by atoms with E-state index in [2.05, 4.69) is 17.4 Å². The molecule has 0 saturated heterocycles. The molecule has 0 bridgehead atoms. The highest BCUT2D eigenvalue weighted by Crippen LogP contribution is 2.04. The fourth-order valence-electron chi connectivity index (χ4n) is 2.29. The number of amides is 2. The van der Waals surface area contributed by atoms with Gasteiger partial charge in [0.15, 0.2) is 0 Å². The molecule has 5 heteroatoms. The van der Waals surface area contributed by atoms with Crippen LogP contribution in [0.4, 0.5) is 0 Å². The Morgan fingerprint density at radius 2 is 1.74 bits per heavy atom. The molecule has 0 heterocycles. The molecule has 0 radical (unpaired) electrons. The number of hydrogen-bond donors (Lipinski definition) is 1. The van der Waals surface area contributed by atoms with Gasteiger partial charge < -0.3 is 15.1 Å². The van der Waals surface area contributed by atoms with Crippen molar-refractivity contribution in [3.05, 3.63) is 35.9 Å². The fourth-order valence-corrected chi connectivity index (χ4v) is 2.29. The second-order valence-corrected chi connectivity index (χ2v) is 6.00. The van der Waals surface area contributed by atoms with Gasteiger partial charge in [0.2, 0.25) is 11.8 Å². The Morgan fingerprint density at radius 1 is 1.04 bits per heavy atom. The van der Waals surface area contributed by atoms with E-state index in [0.29, 0.717) is 26.1 Å². The molecule has 1 N–H and O–H groups in total. The minimum Gasteiger partial charge on any atom is -0.355 e. The van der Waals surface area contributed by atoms with Crippen molar-refractivity contribution in [3.63, 3.8) is 0 Å². The van der Waals surface area contributed by atoms with Crippen molar-refractivity contribution in [1.29, 1.82) is 0 Å². The van der Waals surface area contributed by atoms with Gasteiger partial charge in [-0.05, 0) is 32.5 Å². The van der Waals surface area contributed by atoms with Gasteiger partial charge in [-0.1, -0.05) is 30.3 Å². The van der Waals surface area contributed by atoms with E-state index >= 15 is 0 Å². The summed E-state index contributed by atoms with van der Waals surface area (Å²) in [6.45, 7) is 4.19. The average molecular weight is 319 g/mol. The number of rotatable bonds is 10. The van der Waals surface area contributed by atoms with Gasteiger partial charge in [0, 0.05) is 39.5 Å². The molecule has 2 amide bonds. The molecular formula is C18H29N3O2. The largest absolute Gasteiger partial charge is 0.355 e. The van der Waals surface area contributed by atoms with Crippen LogP contribution < -0.4 is 5.32 Å². The average Bonchev–Trinajstić information content (AvgIpc) is 2.51. The summed E-state index contributed by atoms with van der Waals surface area (Å²) in [6, 6.07) is 10.2. The van der Waals surface area contributed by atoms with Crippen LogP contribution in [0.3, 0.4) is 0 Å². The number of likely N-dealkylation sites (N-methyl/N-ethyl adjacent to an activating group) is 1. The van der Waals surface area contributed by atoms with E-state index in [0.717, 1.165) is 19.4 Å². The molecule has 23 heavy (non-hydrogen) atoms. The van der Waals surface area contributed by atoms with Crippen LogP contribution in [-0.4, -0.2) is 61.9 Å². The SMILES string of the molecule is CC(=O)N(CCCc1ccccc1)CCC(=O)NCCN(C)C. The lowest BCUT2D eigenvalue weighted by molar-refractivity contribution is -0.129. The lowest BCUT2D eigenvalue weighted by Crippen LogP contribution is -2.36. The highest BCUT2D eigenvalue weighted by atomic mass is 16.2. The first kappa shape index (κ1) is 19.2. The van der Waals surface area contributed by atoms with E-state index in [9.17, 15) is 9.59 Å². The predicted molar refractivity (Wildman–Crippen MR) is 93.2 cm³/mol. The maximum atomic E-state index is 11.8. The van der Waals surface area contributed by atoms with Crippen LogP contribution >= 0.6 is 0 Å². The first-order valence-electron chi connectivity index (χ1n) is 8.20. The monoisotopic (exact) mass is 319 g/mol. The Morgan fingerprint density at radius 3 is 2.35 bits per heavy atom. The lowest BCUT2D eigenvalue weighted by Gasteiger charge is -2.21. The van der Waals surface area contributed by atoms with Gasteiger partial charge in [0.1, 0.15) is 0 Å². The molecule has 5 nitrogen and oxygen atoms in total. The van der Waals surface area contributed by atoms with E-state index in [-0.39, 0.29) is 11.8 Å². The predicted octanol–water partition coefficient (Wildman–Crippen LogP) is 1.54. The number of carbonyl (C=O) groups is 2. The van der Waals surface area contributed by atoms with Crippen LogP contribution in [0.15, 0.2) is 30.3 Å². The Bertz CT molecular complexity index is 474. The minimum atomic E-state index is 0.00107. The third-order valence-corrected chi connectivity index (χ3v) is 3.67. The van der Waals surface area contributed by atoms with E-state index < -0.39 is 0 Å². The standard InChI is InChI=1S/C18H29N3O2/c1-16(22)21(13-7-10-17-8-5-4-6-9-17)14-11-18(23)19-12-15-20(2)3/h4-6,8-9H,7,10-15H2,1-3H3,(H,19,23). The van der Waals surface area contributed by atoms with E-state index in [1.807, 2.05) is 37.2 Å². The summed E-state index contributed by atoms with van der Waals surface area (Å²) < 4.78 is 0. The summed E-state index contributed by atoms with van der Waals surface area (Å²) in [5.41, 5.74) is 1.28. The van der Waals surface area contributed by atoms with Crippen molar-refractivity contribution in [3.8, 4) is 0 Å². The zero-order valence-corrected chi connectivity index (χ0v) is 14.5.